The molecular weight excluding hydrogens is 234 g/mol. The van der Waals surface area contributed by atoms with Crippen LogP contribution in [0.3, 0.4) is 0 Å². The van der Waals surface area contributed by atoms with Crippen molar-refractivity contribution >= 4 is 17.7 Å². The number of hydrogen-bond donors (Lipinski definition) is 2. The summed E-state index contributed by atoms with van der Waals surface area (Å²) < 4.78 is 0. The van der Waals surface area contributed by atoms with Crippen molar-refractivity contribution in [3.63, 3.8) is 0 Å². The van der Waals surface area contributed by atoms with E-state index in [1.54, 1.807) is 23.9 Å². The zero-order valence-corrected chi connectivity index (χ0v) is 11.1. The first-order chi connectivity index (χ1) is 8.19. The quantitative estimate of drug-likeness (QED) is 0.817. The van der Waals surface area contributed by atoms with Crippen molar-refractivity contribution in [2.75, 3.05) is 18.6 Å². The van der Waals surface area contributed by atoms with E-state index in [1.165, 1.54) is 0 Å². The van der Waals surface area contributed by atoms with Gasteiger partial charge in [0.2, 0.25) is 0 Å². The van der Waals surface area contributed by atoms with Crippen LogP contribution in [0.25, 0.3) is 0 Å². The molecule has 0 spiro atoms. The molecule has 0 bridgehead atoms. The first-order valence-electron chi connectivity index (χ1n) is 5.74. The summed E-state index contributed by atoms with van der Waals surface area (Å²) in [7, 11) is 0. The highest BCUT2D eigenvalue weighted by molar-refractivity contribution is 7.98. The number of aliphatic hydroxyl groups excluding tert-OH is 1. The lowest BCUT2D eigenvalue weighted by Crippen LogP contribution is -2.22. The molecule has 4 heteroatoms. The van der Waals surface area contributed by atoms with E-state index in [-0.39, 0.29) is 5.91 Å². The van der Waals surface area contributed by atoms with Gasteiger partial charge < -0.3 is 10.4 Å². The fraction of sp³-hybridized carbons (Fsp3) is 0.462. The van der Waals surface area contributed by atoms with E-state index in [4.69, 9.17) is 0 Å². The van der Waals surface area contributed by atoms with Gasteiger partial charge >= 0.3 is 0 Å². The summed E-state index contributed by atoms with van der Waals surface area (Å²) in [5.41, 5.74) is 1.50. The highest BCUT2D eigenvalue weighted by atomic mass is 32.2. The summed E-state index contributed by atoms with van der Waals surface area (Å²) in [6.07, 6.45) is 2.32. The van der Waals surface area contributed by atoms with E-state index < -0.39 is 6.10 Å². The number of thioether (sulfide) groups is 1. The molecule has 1 aromatic carbocycles. The topological polar surface area (TPSA) is 49.3 Å². The Bertz CT molecular complexity index is 351. The molecule has 0 saturated heterocycles. The third-order valence-corrected chi connectivity index (χ3v) is 3.13. The molecule has 0 saturated carbocycles. The summed E-state index contributed by atoms with van der Waals surface area (Å²) in [4.78, 5) is 11.5. The fourth-order valence-electron chi connectivity index (χ4n) is 1.52. The van der Waals surface area contributed by atoms with Crippen molar-refractivity contribution in [3.8, 4) is 0 Å². The van der Waals surface area contributed by atoms with Gasteiger partial charge in [0.15, 0.2) is 0 Å². The maximum atomic E-state index is 11.5. The number of carbonyl (C=O) groups excluding carboxylic acids is 1. The predicted molar refractivity (Wildman–Crippen MR) is 72.4 cm³/mol. The van der Waals surface area contributed by atoms with Crippen LogP contribution < -0.4 is 5.32 Å². The molecule has 1 unspecified atom stereocenters. The maximum Gasteiger partial charge on any atom is 0.251 e. The third-order valence-electron chi connectivity index (χ3n) is 2.49. The SMILES string of the molecule is CCNC(=O)c1ccc(C(O)CCSC)cc1. The Morgan fingerprint density at radius 2 is 2.06 bits per heavy atom. The maximum absolute atomic E-state index is 11.5. The minimum Gasteiger partial charge on any atom is -0.388 e. The minimum absolute atomic E-state index is 0.0716. The van der Waals surface area contributed by atoms with Crippen molar-refractivity contribution in [1.29, 1.82) is 0 Å². The Kier molecular flexibility index (Phi) is 6.08. The van der Waals surface area contributed by atoms with Gasteiger partial charge in [-0.25, -0.2) is 0 Å². The molecule has 94 valence electrons. The normalized spacial score (nSPS) is 12.2. The fourth-order valence-corrected chi connectivity index (χ4v) is 1.97. The number of hydrogen-bond acceptors (Lipinski definition) is 3. The lowest BCUT2D eigenvalue weighted by atomic mass is 10.0. The lowest BCUT2D eigenvalue weighted by molar-refractivity contribution is 0.0955. The number of amides is 1. The summed E-state index contributed by atoms with van der Waals surface area (Å²) in [6.45, 7) is 2.51. The molecule has 0 aliphatic carbocycles. The van der Waals surface area contributed by atoms with Gasteiger partial charge in [-0.3, -0.25) is 4.79 Å². The molecule has 1 aromatic rings. The van der Waals surface area contributed by atoms with Crippen molar-refractivity contribution in [3.05, 3.63) is 35.4 Å². The van der Waals surface area contributed by atoms with Crippen molar-refractivity contribution in [2.24, 2.45) is 0 Å². The second-order valence-corrected chi connectivity index (χ2v) is 4.76. The molecule has 0 aliphatic rings. The number of benzene rings is 1. The van der Waals surface area contributed by atoms with Crippen LogP contribution in [0.4, 0.5) is 0 Å². The van der Waals surface area contributed by atoms with Crippen LogP contribution in [0.15, 0.2) is 24.3 Å². The zero-order chi connectivity index (χ0) is 12.7. The molecule has 0 fully saturated rings. The standard InChI is InChI=1S/C13H19NO2S/c1-3-14-13(16)11-6-4-10(5-7-11)12(15)8-9-17-2/h4-7,12,15H,3,8-9H2,1-2H3,(H,14,16). The highest BCUT2D eigenvalue weighted by Crippen LogP contribution is 2.18. The lowest BCUT2D eigenvalue weighted by Gasteiger charge is -2.10. The molecule has 1 rings (SSSR count). The van der Waals surface area contributed by atoms with Crippen LogP contribution in [-0.2, 0) is 0 Å². The molecule has 0 aromatic heterocycles. The summed E-state index contributed by atoms with van der Waals surface area (Å²) in [6, 6.07) is 7.14. The van der Waals surface area contributed by atoms with Gasteiger partial charge in [-0.05, 0) is 43.0 Å². The van der Waals surface area contributed by atoms with Crippen LogP contribution in [0, 0.1) is 0 Å². The average molecular weight is 253 g/mol. The number of nitrogens with one attached hydrogen (secondary N) is 1. The first-order valence-corrected chi connectivity index (χ1v) is 7.13. The van der Waals surface area contributed by atoms with Crippen LogP contribution in [0.1, 0.15) is 35.4 Å². The zero-order valence-electron chi connectivity index (χ0n) is 10.3. The average Bonchev–Trinajstić information content (AvgIpc) is 2.36. The molecule has 0 heterocycles. The molecule has 0 aliphatic heterocycles. The van der Waals surface area contributed by atoms with E-state index in [0.29, 0.717) is 12.1 Å². The predicted octanol–water partition coefficient (Wildman–Crippen LogP) is 2.22. The molecular formula is C13H19NO2S. The molecule has 3 nitrogen and oxygen atoms in total. The Morgan fingerprint density at radius 3 is 2.59 bits per heavy atom. The van der Waals surface area contributed by atoms with Gasteiger partial charge in [0.1, 0.15) is 0 Å². The van der Waals surface area contributed by atoms with E-state index in [1.807, 2.05) is 25.3 Å². The van der Waals surface area contributed by atoms with Gasteiger partial charge in [0.05, 0.1) is 6.10 Å². The Balaban J connectivity index is 2.64. The van der Waals surface area contributed by atoms with Gasteiger partial charge in [-0.1, -0.05) is 12.1 Å². The summed E-state index contributed by atoms with van der Waals surface area (Å²) in [5, 5.41) is 12.6. The number of carbonyl (C=O) groups is 1. The Hall–Kier alpha value is -1.00. The number of aliphatic hydroxyl groups is 1. The van der Waals surface area contributed by atoms with Crippen LogP contribution in [0.5, 0.6) is 0 Å². The molecule has 17 heavy (non-hydrogen) atoms. The Labute approximate surface area is 107 Å². The monoisotopic (exact) mass is 253 g/mol. The van der Waals surface area contributed by atoms with Gasteiger partial charge in [-0.15, -0.1) is 0 Å². The van der Waals surface area contributed by atoms with Crippen molar-refractivity contribution < 1.29 is 9.90 Å². The molecule has 1 atom stereocenters. The van der Waals surface area contributed by atoms with Gasteiger partial charge in [0.25, 0.3) is 5.91 Å². The van der Waals surface area contributed by atoms with Crippen molar-refractivity contribution in [1.82, 2.24) is 5.32 Å². The molecule has 1 amide bonds. The first kappa shape index (κ1) is 14.1. The highest BCUT2D eigenvalue weighted by Gasteiger charge is 2.08. The van der Waals surface area contributed by atoms with E-state index in [2.05, 4.69) is 5.32 Å². The van der Waals surface area contributed by atoms with Crippen LogP contribution in [-0.4, -0.2) is 29.6 Å². The second kappa shape index (κ2) is 7.35. The second-order valence-electron chi connectivity index (χ2n) is 3.78. The Morgan fingerprint density at radius 1 is 1.41 bits per heavy atom. The smallest absolute Gasteiger partial charge is 0.251 e. The van der Waals surface area contributed by atoms with Gasteiger partial charge in [-0.2, -0.15) is 11.8 Å². The largest absolute Gasteiger partial charge is 0.388 e. The molecule has 2 N–H and O–H groups in total. The molecule has 0 radical (unpaired) electrons. The van der Waals surface area contributed by atoms with Crippen LogP contribution in [0.2, 0.25) is 0 Å². The number of rotatable bonds is 6. The summed E-state index contributed by atoms with van der Waals surface area (Å²) >= 11 is 1.72. The van der Waals surface area contributed by atoms with Gasteiger partial charge in [0, 0.05) is 12.1 Å². The van der Waals surface area contributed by atoms with Crippen LogP contribution >= 0.6 is 11.8 Å². The van der Waals surface area contributed by atoms with E-state index >= 15 is 0 Å². The summed E-state index contributed by atoms with van der Waals surface area (Å²) in [5.74, 6) is 0.858. The van der Waals surface area contributed by atoms with E-state index in [0.717, 1.165) is 17.7 Å². The van der Waals surface area contributed by atoms with Crippen molar-refractivity contribution in [2.45, 2.75) is 19.4 Å². The third kappa shape index (κ3) is 4.40. The minimum atomic E-state index is -0.439. The van der Waals surface area contributed by atoms with E-state index in [9.17, 15) is 9.90 Å².